The number of nitrogens with zero attached hydrogens (tertiary/aromatic N) is 2. The van der Waals surface area contributed by atoms with Crippen LogP contribution >= 0.6 is 0 Å². The molecule has 4 amide bonds. The summed E-state index contributed by atoms with van der Waals surface area (Å²) in [6, 6.07) is -1.21. The van der Waals surface area contributed by atoms with E-state index in [0.717, 1.165) is 18.4 Å². The lowest BCUT2D eigenvalue weighted by molar-refractivity contribution is -0.145. The maximum Gasteiger partial charge on any atom is 0.242 e. The highest BCUT2D eigenvalue weighted by molar-refractivity contribution is 5.87. The first-order valence-electron chi connectivity index (χ1n) is 18.4. The standard InChI is InChI=1S/C36H63N5O6.C3H8/c1-13-17-27(15-3)20-25(7)39-35(44)26(8)34(47-12)28-18-16-19-41(28)30(42)21-29(46-11)33(24(6)14-2)40(10)31(43)22-38-36(45)32(37-9)23(4)5;1-3-2/h13,15,17,23-26,28-29,32-34,37H,1,3,14,16,18-22H2,2,4-12H3,(H,38,45)(H,39,44);3H2,1-2H3/b27-17+;. The average Bonchev–Trinajstić information content (AvgIpc) is 3.56. The highest BCUT2D eigenvalue weighted by Gasteiger charge is 2.42. The number of amides is 4. The lowest BCUT2D eigenvalue weighted by atomic mass is 9.90. The smallest absolute Gasteiger partial charge is 0.242 e. The van der Waals surface area contributed by atoms with E-state index < -0.39 is 30.2 Å². The van der Waals surface area contributed by atoms with E-state index in [0.29, 0.717) is 19.4 Å². The monoisotopic (exact) mass is 706 g/mol. The van der Waals surface area contributed by atoms with Gasteiger partial charge in [-0.2, -0.15) is 0 Å². The van der Waals surface area contributed by atoms with Gasteiger partial charge in [-0.3, -0.25) is 19.2 Å². The molecule has 11 heteroatoms. The molecule has 0 aromatic heterocycles. The minimum atomic E-state index is -0.575. The van der Waals surface area contributed by atoms with Crippen LogP contribution in [0.1, 0.15) is 93.9 Å². The topological polar surface area (TPSA) is 129 Å². The molecule has 1 aliphatic rings. The minimum Gasteiger partial charge on any atom is -0.379 e. The number of hydrogen-bond acceptors (Lipinski definition) is 7. The molecule has 1 fully saturated rings. The number of nitrogens with one attached hydrogen (secondary N) is 3. The lowest BCUT2D eigenvalue weighted by Crippen LogP contribution is -2.55. The van der Waals surface area contributed by atoms with Crippen LogP contribution in [0.5, 0.6) is 0 Å². The molecule has 0 aromatic rings. The summed E-state index contributed by atoms with van der Waals surface area (Å²) in [5.74, 6) is -1.16. The number of likely N-dealkylation sites (N-methyl/N-ethyl adjacent to an activating group) is 2. The van der Waals surface area contributed by atoms with Gasteiger partial charge in [0.2, 0.25) is 23.6 Å². The van der Waals surface area contributed by atoms with Crippen molar-refractivity contribution in [3.05, 3.63) is 37.0 Å². The van der Waals surface area contributed by atoms with Crippen LogP contribution in [0.4, 0.5) is 0 Å². The maximum atomic E-state index is 13.9. The van der Waals surface area contributed by atoms with Crippen LogP contribution in [-0.4, -0.2) is 111 Å². The zero-order chi connectivity index (χ0) is 38.6. The fourth-order valence-corrected chi connectivity index (χ4v) is 6.64. The summed E-state index contributed by atoms with van der Waals surface area (Å²) in [6.07, 6.45) is 8.46. The van der Waals surface area contributed by atoms with Gasteiger partial charge in [-0.05, 0) is 50.6 Å². The molecule has 1 saturated heterocycles. The fraction of sp³-hybridized carbons (Fsp3) is 0.744. The number of ether oxygens (including phenoxy) is 2. The van der Waals surface area contributed by atoms with Crippen LogP contribution in [-0.2, 0) is 28.7 Å². The van der Waals surface area contributed by atoms with Crippen molar-refractivity contribution < 1.29 is 28.7 Å². The molecular formula is C39H71N5O6. The largest absolute Gasteiger partial charge is 0.379 e. The van der Waals surface area contributed by atoms with Crippen molar-refractivity contribution in [2.45, 2.75) is 130 Å². The molecule has 0 spiro atoms. The van der Waals surface area contributed by atoms with E-state index in [1.807, 2.05) is 52.5 Å². The van der Waals surface area contributed by atoms with E-state index in [9.17, 15) is 19.2 Å². The number of likely N-dealkylation sites (tertiary alicyclic amines) is 1. The average molecular weight is 706 g/mol. The molecule has 0 saturated carbocycles. The maximum absolute atomic E-state index is 13.9. The number of methoxy groups -OCH3 is 2. The Morgan fingerprint density at radius 1 is 0.980 bits per heavy atom. The van der Waals surface area contributed by atoms with Gasteiger partial charge in [-0.15, -0.1) is 0 Å². The summed E-state index contributed by atoms with van der Waals surface area (Å²) >= 11 is 0. The second-order valence-electron chi connectivity index (χ2n) is 13.9. The van der Waals surface area contributed by atoms with Crippen molar-refractivity contribution >= 4 is 23.6 Å². The second kappa shape index (κ2) is 25.0. The molecule has 8 unspecified atom stereocenters. The predicted octanol–water partition coefficient (Wildman–Crippen LogP) is 4.88. The zero-order valence-electron chi connectivity index (χ0n) is 33.3. The van der Waals surface area contributed by atoms with Crippen LogP contribution in [0.25, 0.3) is 0 Å². The van der Waals surface area contributed by atoms with Gasteiger partial charge in [0, 0.05) is 33.9 Å². The highest BCUT2D eigenvalue weighted by atomic mass is 16.5. The van der Waals surface area contributed by atoms with Crippen molar-refractivity contribution in [2.75, 3.05) is 41.4 Å². The van der Waals surface area contributed by atoms with E-state index in [-0.39, 0.29) is 60.5 Å². The molecule has 288 valence electrons. The third kappa shape index (κ3) is 14.7. The van der Waals surface area contributed by atoms with Crippen molar-refractivity contribution in [3.8, 4) is 0 Å². The van der Waals surface area contributed by atoms with Crippen LogP contribution in [0.3, 0.4) is 0 Å². The molecule has 0 bridgehead atoms. The summed E-state index contributed by atoms with van der Waals surface area (Å²) < 4.78 is 11.8. The van der Waals surface area contributed by atoms with E-state index in [1.165, 1.54) is 6.42 Å². The van der Waals surface area contributed by atoms with Gasteiger partial charge >= 0.3 is 0 Å². The Hall–Kier alpha value is -3.02. The van der Waals surface area contributed by atoms with Gasteiger partial charge in [0.25, 0.3) is 0 Å². The highest BCUT2D eigenvalue weighted by Crippen LogP contribution is 2.29. The number of carbonyl (C=O) groups is 4. The fourth-order valence-electron chi connectivity index (χ4n) is 6.64. The summed E-state index contributed by atoms with van der Waals surface area (Å²) in [7, 11) is 6.56. The first-order valence-corrected chi connectivity index (χ1v) is 18.4. The number of hydrogen-bond donors (Lipinski definition) is 3. The molecule has 50 heavy (non-hydrogen) atoms. The molecule has 3 N–H and O–H groups in total. The second-order valence-corrected chi connectivity index (χ2v) is 13.9. The summed E-state index contributed by atoms with van der Waals surface area (Å²) in [4.78, 5) is 56.6. The van der Waals surface area contributed by atoms with Crippen molar-refractivity contribution in [1.82, 2.24) is 25.8 Å². The molecule has 0 aliphatic carbocycles. The Labute approximate surface area is 304 Å². The van der Waals surface area contributed by atoms with E-state index in [4.69, 9.17) is 9.47 Å². The van der Waals surface area contributed by atoms with Gasteiger partial charge in [0.1, 0.15) is 0 Å². The zero-order valence-corrected chi connectivity index (χ0v) is 33.3. The molecule has 11 nitrogen and oxygen atoms in total. The van der Waals surface area contributed by atoms with Gasteiger partial charge in [-0.25, -0.2) is 0 Å². The Kier molecular flexibility index (Phi) is 23.5. The van der Waals surface area contributed by atoms with Gasteiger partial charge in [0.15, 0.2) is 0 Å². The van der Waals surface area contributed by atoms with Crippen molar-refractivity contribution in [3.63, 3.8) is 0 Å². The van der Waals surface area contributed by atoms with Gasteiger partial charge < -0.3 is 35.2 Å². The molecular weight excluding hydrogens is 634 g/mol. The Balaban J connectivity index is 0.00000770. The van der Waals surface area contributed by atoms with E-state index in [2.05, 4.69) is 43.0 Å². The first kappa shape index (κ1) is 47.0. The summed E-state index contributed by atoms with van der Waals surface area (Å²) in [5.41, 5.74) is 0.977. The van der Waals surface area contributed by atoms with Crippen LogP contribution < -0.4 is 16.0 Å². The van der Waals surface area contributed by atoms with E-state index >= 15 is 0 Å². The minimum absolute atomic E-state index is 0.0212. The lowest BCUT2D eigenvalue weighted by Gasteiger charge is -2.39. The van der Waals surface area contributed by atoms with Crippen molar-refractivity contribution in [1.29, 1.82) is 0 Å². The summed E-state index contributed by atoms with van der Waals surface area (Å²) in [6.45, 7) is 23.9. The quantitative estimate of drug-likeness (QED) is 0.145. The van der Waals surface area contributed by atoms with Crippen molar-refractivity contribution in [2.24, 2.45) is 17.8 Å². The number of carbonyl (C=O) groups excluding carboxylic acids is 4. The summed E-state index contributed by atoms with van der Waals surface area (Å²) in [5, 5.41) is 8.83. The molecule has 1 aliphatic heterocycles. The Morgan fingerprint density at radius 3 is 2.08 bits per heavy atom. The molecule has 0 radical (unpaired) electrons. The Morgan fingerprint density at radius 2 is 1.60 bits per heavy atom. The molecule has 1 rings (SSSR count). The third-order valence-electron chi connectivity index (χ3n) is 9.50. The van der Waals surface area contributed by atoms with Crippen LogP contribution in [0.2, 0.25) is 0 Å². The number of allylic oxidation sites excluding steroid dienone is 3. The number of rotatable bonds is 21. The SMILES string of the molecule is C=C/C=C(\C=C)CC(C)NC(=O)C(C)C(OC)C1CCCN1C(=O)CC(OC)C(C(C)CC)N(C)C(=O)CNC(=O)C(NC)C(C)C.CCC. The van der Waals surface area contributed by atoms with Crippen LogP contribution in [0, 0.1) is 17.8 Å². The molecule has 1 heterocycles. The molecule has 0 aromatic carbocycles. The third-order valence-corrected chi connectivity index (χ3v) is 9.50. The van der Waals surface area contributed by atoms with Gasteiger partial charge in [0.05, 0.1) is 49.2 Å². The van der Waals surface area contributed by atoms with Crippen LogP contribution in [0.15, 0.2) is 37.0 Å². The first-order chi connectivity index (χ1) is 23.6. The van der Waals surface area contributed by atoms with Gasteiger partial charge in [-0.1, -0.05) is 92.7 Å². The Bertz CT molecular complexity index is 1090. The molecule has 8 atom stereocenters. The predicted molar refractivity (Wildman–Crippen MR) is 203 cm³/mol. The van der Waals surface area contributed by atoms with E-state index in [1.54, 1.807) is 45.4 Å². The normalized spacial score (nSPS) is 18.8.